The lowest BCUT2D eigenvalue weighted by atomic mass is 10.0. The van der Waals surface area contributed by atoms with Crippen molar-refractivity contribution in [3.8, 4) is 11.4 Å². The molecule has 2 aromatic heterocycles. The summed E-state index contributed by atoms with van der Waals surface area (Å²) >= 11 is 0. The third-order valence-electron chi connectivity index (χ3n) is 4.81. The van der Waals surface area contributed by atoms with Crippen molar-refractivity contribution in [1.29, 1.82) is 0 Å². The molecule has 0 amide bonds. The second-order valence-corrected chi connectivity index (χ2v) is 6.85. The molecule has 0 aliphatic rings. The molecule has 5 nitrogen and oxygen atoms in total. The largest absolute Gasteiger partial charge is 0.497 e. The van der Waals surface area contributed by atoms with Crippen LogP contribution in [0.3, 0.4) is 0 Å². The minimum absolute atomic E-state index is 0.109. The first kappa shape index (κ1) is 17.1. The number of aromatic amines is 1. The molecule has 0 radical (unpaired) electrons. The van der Waals surface area contributed by atoms with Gasteiger partial charge in [0.15, 0.2) is 0 Å². The van der Waals surface area contributed by atoms with Gasteiger partial charge in [0.1, 0.15) is 11.1 Å². The van der Waals surface area contributed by atoms with E-state index >= 15 is 0 Å². The van der Waals surface area contributed by atoms with Gasteiger partial charge >= 0.3 is 0 Å². The molecule has 4 aromatic rings. The first-order valence-corrected chi connectivity index (χ1v) is 8.86. The van der Waals surface area contributed by atoms with Gasteiger partial charge in [0.25, 0.3) is 5.56 Å². The van der Waals surface area contributed by atoms with Crippen LogP contribution in [0.25, 0.3) is 27.5 Å². The summed E-state index contributed by atoms with van der Waals surface area (Å²) in [5.41, 5.74) is 2.23. The molecule has 0 aliphatic heterocycles. The van der Waals surface area contributed by atoms with Crippen molar-refractivity contribution in [3.63, 3.8) is 0 Å². The Balaban J connectivity index is 2.18. The van der Waals surface area contributed by atoms with Crippen LogP contribution >= 0.6 is 0 Å². The third kappa shape index (κ3) is 2.72. The number of para-hydroxylation sites is 1. The maximum absolute atomic E-state index is 13.4. The summed E-state index contributed by atoms with van der Waals surface area (Å²) in [4.78, 5) is 29.8. The Morgan fingerprint density at radius 2 is 1.70 bits per heavy atom. The minimum atomic E-state index is -0.312. The Morgan fingerprint density at radius 3 is 2.37 bits per heavy atom. The molecule has 27 heavy (non-hydrogen) atoms. The van der Waals surface area contributed by atoms with E-state index in [0.29, 0.717) is 22.2 Å². The number of benzene rings is 2. The van der Waals surface area contributed by atoms with Crippen molar-refractivity contribution < 1.29 is 4.74 Å². The van der Waals surface area contributed by atoms with Gasteiger partial charge in [-0.15, -0.1) is 0 Å². The van der Waals surface area contributed by atoms with Gasteiger partial charge in [0, 0.05) is 16.8 Å². The zero-order valence-electron chi connectivity index (χ0n) is 15.4. The van der Waals surface area contributed by atoms with Crippen molar-refractivity contribution in [2.75, 3.05) is 7.11 Å². The summed E-state index contributed by atoms with van der Waals surface area (Å²) in [5, 5.41) is 0.597. The van der Waals surface area contributed by atoms with Gasteiger partial charge in [0.2, 0.25) is 5.43 Å². The standard InChI is InChI=1S/C22H20N2O3/c1-13(2)19-12-18-20(22(26)24(19)14-7-5-4-6-8-14)21(25)16-11-15(27-3)9-10-17(16)23-18/h4-13H,1-3H3,(H,23,25). The quantitative estimate of drug-likeness (QED) is 0.562. The molecule has 136 valence electrons. The van der Waals surface area contributed by atoms with Crippen LogP contribution in [0, 0.1) is 0 Å². The van der Waals surface area contributed by atoms with Crippen LogP contribution in [-0.2, 0) is 0 Å². The van der Waals surface area contributed by atoms with E-state index in [9.17, 15) is 9.59 Å². The highest BCUT2D eigenvalue weighted by atomic mass is 16.5. The molecule has 0 unspecified atom stereocenters. The zero-order valence-corrected chi connectivity index (χ0v) is 15.4. The maximum Gasteiger partial charge on any atom is 0.268 e. The molecule has 0 spiro atoms. The van der Waals surface area contributed by atoms with E-state index in [1.807, 2.05) is 50.2 Å². The Labute approximate surface area is 155 Å². The van der Waals surface area contributed by atoms with E-state index in [0.717, 1.165) is 11.4 Å². The smallest absolute Gasteiger partial charge is 0.268 e. The maximum atomic E-state index is 13.4. The Kier molecular flexibility index (Phi) is 4.07. The fourth-order valence-electron chi connectivity index (χ4n) is 3.44. The number of rotatable bonds is 3. The van der Waals surface area contributed by atoms with Crippen LogP contribution in [0.2, 0.25) is 0 Å². The number of aromatic nitrogens is 2. The second-order valence-electron chi connectivity index (χ2n) is 6.85. The average Bonchev–Trinajstić information content (AvgIpc) is 2.68. The summed E-state index contributed by atoms with van der Waals surface area (Å²) < 4.78 is 6.86. The van der Waals surface area contributed by atoms with Gasteiger partial charge in [-0.05, 0) is 42.3 Å². The van der Waals surface area contributed by atoms with E-state index in [2.05, 4.69) is 4.98 Å². The van der Waals surface area contributed by atoms with Crippen molar-refractivity contribution in [3.05, 3.63) is 80.9 Å². The van der Waals surface area contributed by atoms with Crippen molar-refractivity contribution in [1.82, 2.24) is 9.55 Å². The lowest BCUT2D eigenvalue weighted by Gasteiger charge is -2.17. The molecule has 0 fully saturated rings. The molecule has 4 rings (SSSR count). The monoisotopic (exact) mass is 360 g/mol. The predicted octanol–water partition coefficient (Wildman–Crippen LogP) is 3.96. The number of pyridine rings is 2. The molecule has 0 bridgehead atoms. The molecule has 0 saturated carbocycles. The van der Waals surface area contributed by atoms with Gasteiger partial charge in [-0.1, -0.05) is 32.0 Å². The first-order chi connectivity index (χ1) is 13.0. The fraction of sp³-hybridized carbons (Fsp3) is 0.182. The summed E-state index contributed by atoms with van der Waals surface area (Å²) in [6, 6.07) is 16.6. The van der Waals surface area contributed by atoms with Gasteiger partial charge in [-0.25, -0.2) is 0 Å². The summed E-state index contributed by atoms with van der Waals surface area (Å²) in [6.45, 7) is 4.06. The van der Waals surface area contributed by atoms with Gasteiger partial charge < -0.3 is 9.72 Å². The lowest BCUT2D eigenvalue weighted by Crippen LogP contribution is -2.27. The molecule has 5 heteroatoms. The normalized spacial score (nSPS) is 11.4. The van der Waals surface area contributed by atoms with Gasteiger partial charge in [-0.3, -0.25) is 14.2 Å². The van der Waals surface area contributed by atoms with Gasteiger partial charge in [0.05, 0.1) is 18.1 Å². The summed E-state index contributed by atoms with van der Waals surface area (Å²) in [7, 11) is 1.55. The minimum Gasteiger partial charge on any atom is -0.497 e. The molecular formula is C22H20N2O3. The summed E-state index contributed by atoms with van der Waals surface area (Å²) in [5.74, 6) is 0.687. The van der Waals surface area contributed by atoms with Crippen molar-refractivity contribution in [2.45, 2.75) is 19.8 Å². The van der Waals surface area contributed by atoms with Crippen LogP contribution in [0.4, 0.5) is 0 Å². The molecule has 2 heterocycles. The second kappa shape index (κ2) is 6.43. The highest BCUT2D eigenvalue weighted by molar-refractivity contribution is 5.93. The Hall–Kier alpha value is -3.34. The molecular weight excluding hydrogens is 340 g/mol. The highest BCUT2D eigenvalue weighted by Crippen LogP contribution is 2.23. The van der Waals surface area contributed by atoms with E-state index in [1.165, 1.54) is 0 Å². The van der Waals surface area contributed by atoms with E-state index in [-0.39, 0.29) is 22.3 Å². The predicted molar refractivity (Wildman–Crippen MR) is 108 cm³/mol. The number of nitrogens with one attached hydrogen (secondary N) is 1. The Morgan fingerprint density at radius 1 is 0.963 bits per heavy atom. The number of ether oxygens (including phenoxy) is 1. The van der Waals surface area contributed by atoms with Crippen LogP contribution < -0.4 is 15.7 Å². The number of nitrogens with zero attached hydrogens (tertiary/aromatic N) is 1. The molecule has 2 aromatic carbocycles. The number of methoxy groups -OCH3 is 1. The zero-order chi connectivity index (χ0) is 19.1. The lowest BCUT2D eigenvalue weighted by molar-refractivity contribution is 0.415. The molecule has 0 aliphatic carbocycles. The SMILES string of the molecule is COc1ccc2[nH]c3cc(C(C)C)n(-c4ccccc4)c(=O)c3c(=O)c2c1. The topological polar surface area (TPSA) is 64.1 Å². The highest BCUT2D eigenvalue weighted by Gasteiger charge is 2.17. The third-order valence-corrected chi connectivity index (χ3v) is 4.81. The first-order valence-electron chi connectivity index (χ1n) is 8.86. The molecule has 0 atom stereocenters. The van der Waals surface area contributed by atoms with Crippen LogP contribution in [0.15, 0.2) is 64.2 Å². The number of H-pyrrole nitrogens is 1. The fourth-order valence-corrected chi connectivity index (χ4v) is 3.44. The summed E-state index contributed by atoms with van der Waals surface area (Å²) in [6.07, 6.45) is 0. The Bertz CT molecular complexity index is 1270. The van der Waals surface area contributed by atoms with Gasteiger partial charge in [-0.2, -0.15) is 0 Å². The average molecular weight is 360 g/mol. The number of fused-ring (bicyclic) bond motifs is 2. The molecule has 1 N–H and O–H groups in total. The van der Waals surface area contributed by atoms with Crippen LogP contribution in [0.1, 0.15) is 25.5 Å². The van der Waals surface area contributed by atoms with E-state index in [4.69, 9.17) is 4.74 Å². The van der Waals surface area contributed by atoms with E-state index < -0.39 is 0 Å². The van der Waals surface area contributed by atoms with Crippen LogP contribution in [0.5, 0.6) is 5.75 Å². The number of hydrogen-bond donors (Lipinski definition) is 1. The van der Waals surface area contributed by atoms with E-state index in [1.54, 1.807) is 29.9 Å². The van der Waals surface area contributed by atoms with Crippen molar-refractivity contribution in [2.24, 2.45) is 0 Å². The molecule has 0 saturated heterocycles. The number of hydrogen-bond acceptors (Lipinski definition) is 3. The van der Waals surface area contributed by atoms with Crippen LogP contribution in [-0.4, -0.2) is 16.7 Å². The van der Waals surface area contributed by atoms with Crippen molar-refractivity contribution >= 4 is 21.8 Å².